The van der Waals surface area contributed by atoms with Gasteiger partial charge in [-0.1, -0.05) is 48.5 Å². The summed E-state index contributed by atoms with van der Waals surface area (Å²) < 4.78 is 1.81. The van der Waals surface area contributed by atoms with Crippen LogP contribution < -0.4 is 10.5 Å². The molecule has 9 nitrogen and oxygen atoms in total. The Kier molecular flexibility index (Phi) is 6.46. The van der Waals surface area contributed by atoms with Crippen molar-refractivity contribution in [3.05, 3.63) is 103 Å². The number of piperazine rings is 1. The number of aryl methyl sites for hydroxylation is 1. The van der Waals surface area contributed by atoms with Gasteiger partial charge < -0.3 is 14.6 Å². The van der Waals surface area contributed by atoms with Crippen molar-refractivity contribution in [2.24, 2.45) is 7.05 Å². The number of nitro groups is 1. The van der Waals surface area contributed by atoms with Crippen molar-refractivity contribution in [1.82, 2.24) is 14.5 Å². The summed E-state index contributed by atoms with van der Waals surface area (Å²) in [5.74, 6) is 0.219. The summed E-state index contributed by atoms with van der Waals surface area (Å²) in [7, 11) is 1.52. The largest absolute Gasteiger partial charge is 0.508 e. The highest BCUT2D eigenvalue weighted by Gasteiger charge is 2.34. The first kappa shape index (κ1) is 24.0. The number of aromatic nitrogens is 2. The van der Waals surface area contributed by atoms with Crippen LogP contribution in [0.3, 0.4) is 0 Å². The highest BCUT2D eigenvalue weighted by Crippen LogP contribution is 2.37. The van der Waals surface area contributed by atoms with E-state index in [9.17, 15) is 20.0 Å². The van der Waals surface area contributed by atoms with Crippen LogP contribution in [-0.4, -0.2) is 50.7 Å². The summed E-state index contributed by atoms with van der Waals surface area (Å²) in [4.78, 5) is 33.0. The van der Waals surface area contributed by atoms with E-state index in [4.69, 9.17) is 0 Å². The van der Waals surface area contributed by atoms with E-state index in [-0.39, 0.29) is 17.5 Å². The normalized spacial score (nSPS) is 15.2. The number of nitrogens with zero attached hydrogens (tertiary/aromatic N) is 5. The predicted octanol–water partition coefficient (Wildman–Crippen LogP) is 4.22. The Hall–Kier alpha value is -3.76. The zero-order valence-electron chi connectivity index (χ0n) is 19.5. The van der Waals surface area contributed by atoms with E-state index in [2.05, 4.69) is 25.8 Å². The lowest BCUT2D eigenvalue weighted by Gasteiger charge is -2.40. The van der Waals surface area contributed by atoms with Crippen LogP contribution in [0.4, 0.5) is 11.4 Å². The second-order valence-electron chi connectivity index (χ2n) is 8.72. The second-order valence-corrected chi connectivity index (χ2v) is 9.53. The summed E-state index contributed by atoms with van der Waals surface area (Å²) in [6.07, 6.45) is 0. The Balaban J connectivity index is 1.54. The molecule has 0 bridgehead atoms. The molecule has 0 aliphatic carbocycles. The minimum Gasteiger partial charge on any atom is -0.508 e. The van der Waals surface area contributed by atoms with Crippen LogP contribution in [-0.2, 0) is 7.05 Å². The number of pyridine rings is 2. The first-order valence-corrected chi connectivity index (χ1v) is 12.3. The van der Waals surface area contributed by atoms with Crippen LogP contribution in [0.2, 0.25) is 0 Å². The number of hydrogen-bond donors (Lipinski definition) is 1. The molecule has 1 fully saturated rings. The molecular formula is C26H24BrN5O4. The van der Waals surface area contributed by atoms with Crippen LogP contribution in [0.15, 0.2) is 76.1 Å². The molecule has 1 saturated heterocycles. The summed E-state index contributed by atoms with van der Waals surface area (Å²) in [5.41, 5.74) is 1.90. The molecule has 1 N–H and O–H groups in total. The molecule has 1 atom stereocenters. The van der Waals surface area contributed by atoms with Gasteiger partial charge in [-0.15, -0.1) is 0 Å². The fourth-order valence-electron chi connectivity index (χ4n) is 4.96. The van der Waals surface area contributed by atoms with Crippen molar-refractivity contribution in [3.8, 4) is 5.75 Å². The lowest BCUT2D eigenvalue weighted by atomic mass is 9.95. The molecule has 184 valence electrons. The maximum Gasteiger partial charge on any atom is 0.359 e. The number of hydrogen-bond acceptors (Lipinski definition) is 7. The Morgan fingerprint density at radius 1 is 1.00 bits per heavy atom. The summed E-state index contributed by atoms with van der Waals surface area (Å²) in [6.45, 7) is 2.04. The third-order valence-electron chi connectivity index (χ3n) is 6.68. The van der Waals surface area contributed by atoms with Gasteiger partial charge in [0.25, 0.3) is 0 Å². The average molecular weight is 550 g/mol. The Bertz CT molecular complexity index is 1500. The van der Waals surface area contributed by atoms with Crippen LogP contribution in [0.25, 0.3) is 11.0 Å². The monoisotopic (exact) mass is 549 g/mol. The minimum absolute atomic E-state index is 0.183. The van der Waals surface area contributed by atoms with Gasteiger partial charge in [0.1, 0.15) is 15.9 Å². The topological polar surface area (TPSA) is 105 Å². The SMILES string of the molecule is Cn1c(=O)c([N+](=O)[O-])c(N2CCN([C@H](c3ccccc3)c3ccccc3O)CC2)c2nc(Br)ccc21. The molecule has 10 heteroatoms. The number of fused-ring (bicyclic) bond motifs is 1. The van der Waals surface area contributed by atoms with E-state index in [1.165, 1.54) is 11.6 Å². The van der Waals surface area contributed by atoms with E-state index in [1.807, 2.05) is 47.4 Å². The van der Waals surface area contributed by atoms with Gasteiger partial charge >= 0.3 is 11.2 Å². The molecule has 0 radical (unpaired) electrons. The molecule has 2 aromatic carbocycles. The number of rotatable bonds is 5. The number of anilines is 1. The number of aromatic hydroxyl groups is 1. The molecule has 5 rings (SSSR count). The summed E-state index contributed by atoms with van der Waals surface area (Å²) >= 11 is 3.36. The fourth-order valence-corrected chi connectivity index (χ4v) is 5.27. The predicted molar refractivity (Wildman–Crippen MR) is 142 cm³/mol. The van der Waals surface area contributed by atoms with E-state index in [0.717, 1.165) is 11.1 Å². The van der Waals surface area contributed by atoms with E-state index in [1.54, 1.807) is 24.3 Å². The van der Waals surface area contributed by atoms with Gasteiger partial charge in [-0.25, -0.2) is 4.98 Å². The molecule has 4 aromatic rings. The molecule has 1 aliphatic rings. The minimum atomic E-state index is -0.662. The lowest BCUT2D eigenvalue weighted by Crippen LogP contribution is -2.48. The first-order chi connectivity index (χ1) is 17.4. The highest BCUT2D eigenvalue weighted by atomic mass is 79.9. The Morgan fingerprint density at radius 3 is 2.33 bits per heavy atom. The quantitative estimate of drug-likeness (QED) is 0.225. The summed E-state index contributed by atoms with van der Waals surface area (Å²) in [5, 5.41) is 22.7. The van der Waals surface area contributed by atoms with Gasteiger partial charge in [0.2, 0.25) is 0 Å². The third kappa shape index (κ3) is 4.22. The standard InChI is InChI=1S/C26H24BrN5O4/c1-29-19-11-12-21(27)28-22(19)24(25(26(29)34)32(35)36)31-15-13-30(14-16-31)23(17-7-3-2-4-8-17)18-9-5-6-10-20(18)33/h2-12,23,33H,13-16H2,1H3/t23-/m1/s1. The van der Waals surface area contributed by atoms with Gasteiger partial charge in [-0.3, -0.25) is 19.8 Å². The zero-order valence-corrected chi connectivity index (χ0v) is 21.1. The molecule has 0 saturated carbocycles. The molecule has 0 amide bonds. The number of halogens is 1. The second kappa shape index (κ2) is 9.71. The van der Waals surface area contributed by atoms with Crippen molar-refractivity contribution >= 4 is 38.3 Å². The van der Waals surface area contributed by atoms with Gasteiger partial charge in [-0.2, -0.15) is 0 Å². The third-order valence-corrected chi connectivity index (χ3v) is 7.12. The van der Waals surface area contributed by atoms with Gasteiger partial charge in [-0.05, 0) is 39.7 Å². The summed E-state index contributed by atoms with van der Waals surface area (Å²) in [6, 6.07) is 20.5. The van der Waals surface area contributed by atoms with E-state index >= 15 is 0 Å². The van der Waals surface area contributed by atoms with Crippen molar-refractivity contribution in [2.75, 3.05) is 31.1 Å². The molecule has 0 spiro atoms. The zero-order chi connectivity index (χ0) is 25.4. The molecule has 2 aromatic heterocycles. The number of phenolic OH excluding ortho intramolecular Hbond substituents is 1. The van der Waals surface area contributed by atoms with Crippen molar-refractivity contribution in [2.45, 2.75) is 6.04 Å². The molecular weight excluding hydrogens is 526 g/mol. The maximum atomic E-state index is 13.0. The van der Waals surface area contributed by atoms with Crippen LogP contribution >= 0.6 is 15.9 Å². The smallest absolute Gasteiger partial charge is 0.359 e. The van der Waals surface area contributed by atoms with Crippen LogP contribution in [0.5, 0.6) is 5.75 Å². The van der Waals surface area contributed by atoms with Crippen molar-refractivity contribution < 1.29 is 10.0 Å². The van der Waals surface area contributed by atoms with E-state index in [0.29, 0.717) is 41.8 Å². The number of benzene rings is 2. The van der Waals surface area contributed by atoms with Crippen molar-refractivity contribution in [1.29, 1.82) is 0 Å². The Morgan fingerprint density at radius 2 is 1.67 bits per heavy atom. The molecule has 0 unspecified atom stereocenters. The fraction of sp³-hybridized carbons (Fsp3) is 0.231. The average Bonchev–Trinajstić information content (AvgIpc) is 2.88. The number of para-hydroxylation sites is 1. The maximum absolute atomic E-state index is 13.0. The Labute approximate surface area is 215 Å². The lowest BCUT2D eigenvalue weighted by molar-refractivity contribution is -0.385. The molecule has 3 heterocycles. The first-order valence-electron chi connectivity index (χ1n) is 11.5. The van der Waals surface area contributed by atoms with Gasteiger partial charge in [0.05, 0.1) is 16.5 Å². The molecule has 36 heavy (non-hydrogen) atoms. The molecule has 1 aliphatic heterocycles. The van der Waals surface area contributed by atoms with Gasteiger partial charge in [0.15, 0.2) is 5.69 Å². The van der Waals surface area contributed by atoms with Crippen molar-refractivity contribution in [3.63, 3.8) is 0 Å². The number of phenols is 1. The van der Waals surface area contributed by atoms with Crippen LogP contribution in [0, 0.1) is 10.1 Å². The van der Waals surface area contributed by atoms with E-state index < -0.39 is 16.2 Å². The van der Waals surface area contributed by atoms with Crippen LogP contribution in [0.1, 0.15) is 17.2 Å². The highest BCUT2D eigenvalue weighted by molar-refractivity contribution is 9.10. The van der Waals surface area contributed by atoms with Gasteiger partial charge in [0, 0.05) is 38.8 Å².